The number of halogens is 2. The van der Waals surface area contributed by atoms with Crippen molar-refractivity contribution >= 4 is 11.8 Å². The second kappa shape index (κ2) is 5.30. The highest BCUT2D eigenvalue weighted by atomic mass is 32.2. The molecule has 0 aliphatic heterocycles. The third-order valence-corrected chi connectivity index (χ3v) is 3.58. The zero-order valence-electron chi connectivity index (χ0n) is 9.56. The van der Waals surface area contributed by atoms with Gasteiger partial charge >= 0.3 is 0 Å². The number of hydrogen-bond acceptors (Lipinski definition) is 3. The molecule has 18 heavy (non-hydrogen) atoms. The number of hydrogen-bond donors (Lipinski definition) is 0. The Morgan fingerprint density at radius 1 is 1.33 bits per heavy atom. The summed E-state index contributed by atoms with van der Waals surface area (Å²) in [5.41, 5.74) is 0.500. The minimum atomic E-state index is -0.610. The average molecular weight is 268 g/mol. The quantitative estimate of drug-likeness (QED) is 0.488. The van der Waals surface area contributed by atoms with Crippen molar-refractivity contribution in [1.29, 1.82) is 0 Å². The van der Waals surface area contributed by atoms with Crippen molar-refractivity contribution in [3.63, 3.8) is 0 Å². The van der Waals surface area contributed by atoms with Gasteiger partial charge in [0.05, 0.1) is 6.20 Å². The smallest absolute Gasteiger partial charge is 0.273 e. The van der Waals surface area contributed by atoms with Gasteiger partial charge in [0.25, 0.3) is 5.03 Å². The van der Waals surface area contributed by atoms with Gasteiger partial charge in [0.15, 0.2) is 6.20 Å². The maximum atomic E-state index is 13.4. The fourth-order valence-corrected chi connectivity index (χ4v) is 2.47. The summed E-state index contributed by atoms with van der Waals surface area (Å²) >= 11 is 1.06. The van der Waals surface area contributed by atoms with Crippen LogP contribution >= 0.6 is 11.8 Å². The summed E-state index contributed by atoms with van der Waals surface area (Å²) in [6.45, 7) is 1.68. The molecule has 0 radical (unpaired) electrons. The van der Waals surface area contributed by atoms with Crippen molar-refractivity contribution < 1.29 is 13.5 Å². The van der Waals surface area contributed by atoms with Crippen molar-refractivity contribution in [3.05, 3.63) is 58.7 Å². The minimum Gasteiger partial charge on any atom is -0.618 e. The Morgan fingerprint density at radius 2 is 2.00 bits per heavy atom. The van der Waals surface area contributed by atoms with Gasteiger partial charge in [-0.05, 0) is 30.8 Å². The van der Waals surface area contributed by atoms with Crippen molar-refractivity contribution in [2.45, 2.75) is 17.7 Å². The fraction of sp³-hybridized carbons (Fsp3) is 0.167. The largest absolute Gasteiger partial charge is 0.618 e. The number of aromatic nitrogens is 2. The fourth-order valence-electron chi connectivity index (χ4n) is 1.47. The Morgan fingerprint density at radius 3 is 2.61 bits per heavy atom. The van der Waals surface area contributed by atoms with Gasteiger partial charge in [-0.3, -0.25) is 0 Å². The Bertz CT molecular complexity index is 486. The Hall–Kier alpha value is -1.69. The molecule has 0 N–H and O–H groups in total. The second-order valence-electron chi connectivity index (χ2n) is 3.63. The van der Waals surface area contributed by atoms with Crippen LogP contribution in [0.1, 0.15) is 11.3 Å². The van der Waals surface area contributed by atoms with Gasteiger partial charge in [0.2, 0.25) is 0 Å². The van der Waals surface area contributed by atoms with E-state index in [2.05, 4.69) is 4.98 Å². The predicted molar refractivity (Wildman–Crippen MR) is 63.9 cm³/mol. The highest BCUT2D eigenvalue weighted by molar-refractivity contribution is 7.98. The van der Waals surface area contributed by atoms with Crippen LogP contribution in [0.3, 0.4) is 0 Å². The van der Waals surface area contributed by atoms with Gasteiger partial charge in [-0.15, -0.1) is 0 Å². The van der Waals surface area contributed by atoms with Crippen LogP contribution in [0.5, 0.6) is 0 Å². The number of thioether (sulfide) groups is 1. The first kappa shape index (κ1) is 12.8. The lowest BCUT2D eigenvalue weighted by Crippen LogP contribution is -2.29. The number of benzene rings is 1. The molecule has 1 heterocycles. The molecular formula is C12H10F2N2OS. The van der Waals surface area contributed by atoms with Gasteiger partial charge in [-0.1, -0.05) is 6.07 Å². The summed E-state index contributed by atoms with van der Waals surface area (Å²) in [6, 6.07) is 3.70. The molecule has 2 rings (SSSR count). The zero-order chi connectivity index (χ0) is 13.1. The molecule has 0 atom stereocenters. The van der Waals surface area contributed by atoms with Crippen LogP contribution in [-0.4, -0.2) is 4.98 Å². The van der Waals surface area contributed by atoms with E-state index in [1.807, 2.05) is 0 Å². The Kier molecular flexibility index (Phi) is 3.76. The van der Waals surface area contributed by atoms with Crippen LogP contribution in [0.25, 0.3) is 0 Å². The van der Waals surface area contributed by atoms with Gasteiger partial charge in [-0.2, -0.15) is 4.73 Å². The number of rotatable bonds is 3. The predicted octanol–water partition coefficient (Wildman–Crippen LogP) is 2.59. The molecule has 6 heteroatoms. The third kappa shape index (κ3) is 2.59. The molecule has 3 nitrogen and oxygen atoms in total. The van der Waals surface area contributed by atoms with E-state index >= 15 is 0 Å². The molecule has 0 saturated carbocycles. The van der Waals surface area contributed by atoms with Gasteiger partial charge < -0.3 is 5.21 Å². The van der Waals surface area contributed by atoms with E-state index in [4.69, 9.17) is 0 Å². The molecule has 0 unspecified atom stereocenters. The van der Waals surface area contributed by atoms with E-state index in [9.17, 15) is 14.0 Å². The Balaban J connectivity index is 2.22. The van der Waals surface area contributed by atoms with Crippen molar-refractivity contribution in [2.24, 2.45) is 0 Å². The summed E-state index contributed by atoms with van der Waals surface area (Å²) in [4.78, 5) is 3.97. The molecule has 0 fully saturated rings. The summed E-state index contributed by atoms with van der Waals surface area (Å²) in [5, 5.41) is 11.8. The summed E-state index contributed by atoms with van der Waals surface area (Å²) in [7, 11) is 0. The third-order valence-electron chi connectivity index (χ3n) is 2.39. The van der Waals surface area contributed by atoms with Gasteiger partial charge in [0.1, 0.15) is 17.3 Å². The number of aryl methyl sites for hydroxylation is 1. The molecule has 1 aromatic carbocycles. The molecule has 0 bridgehead atoms. The molecule has 0 aliphatic rings. The average Bonchev–Trinajstić information content (AvgIpc) is 2.31. The first-order valence-electron chi connectivity index (χ1n) is 5.20. The summed E-state index contributed by atoms with van der Waals surface area (Å²) < 4.78 is 27.4. The molecule has 0 spiro atoms. The maximum absolute atomic E-state index is 13.4. The monoisotopic (exact) mass is 268 g/mol. The molecular weight excluding hydrogens is 258 g/mol. The van der Waals surface area contributed by atoms with Crippen LogP contribution < -0.4 is 4.73 Å². The molecule has 0 amide bonds. The summed E-state index contributed by atoms with van der Waals surface area (Å²) in [5.74, 6) is -1.17. The van der Waals surface area contributed by atoms with E-state index in [0.29, 0.717) is 15.5 Å². The van der Waals surface area contributed by atoms with Crippen molar-refractivity contribution in [3.8, 4) is 0 Å². The van der Waals surface area contributed by atoms with E-state index < -0.39 is 11.6 Å². The maximum Gasteiger partial charge on any atom is 0.273 e. The molecule has 1 aromatic heterocycles. The van der Waals surface area contributed by atoms with Crippen molar-refractivity contribution in [1.82, 2.24) is 4.98 Å². The van der Waals surface area contributed by atoms with E-state index in [1.54, 1.807) is 6.92 Å². The lowest BCUT2D eigenvalue weighted by molar-refractivity contribution is -0.646. The zero-order valence-corrected chi connectivity index (χ0v) is 10.4. The normalized spacial score (nSPS) is 10.6. The van der Waals surface area contributed by atoms with Crippen LogP contribution in [0.4, 0.5) is 8.78 Å². The van der Waals surface area contributed by atoms with E-state index in [0.717, 1.165) is 11.8 Å². The molecule has 0 aliphatic carbocycles. The standard InChI is InChI=1S/C12H10F2N2OS/c1-8-12(16(17)6-5-15-8)18-7-9-10(13)3-2-4-11(9)14/h2-6H,7H2,1H3. The number of nitrogens with zero attached hydrogens (tertiary/aromatic N) is 2. The van der Waals surface area contributed by atoms with Crippen LogP contribution in [0.15, 0.2) is 35.6 Å². The Labute approximate surface area is 107 Å². The second-order valence-corrected chi connectivity index (χ2v) is 4.60. The van der Waals surface area contributed by atoms with Crippen molar-refractivity contribution in [2.75, 3.05) is 0 Å². The lowest BCUT2D eigenvalue weighted by atomic mass is 10.2. The van der Waals surface area contributed by atoms with Crippen LogP contribution in [-0.2, 0) is 5.75 Å². The van der Waals surface area contributed by atoms with E-state index in [1.165, 1.54) is 30.6 Å². The van der Waals surface area contributed by atoms with Crippen LogP contribution in [0.2, 0.25) is 0 Å². The van der Waals surface area contributed by atoms with Gasteiger partial charge in [-0.25, -0.2) is 13.8 Å². The molecule has 2 aromatic rings. The van der Waals surface area contributed by atoms with Gasteiger partial charge in [0, 0.05) is 11.3 Å². The lowest BCUT2D eigenvalue weighted by Gasteiger charge is -2.06. The minimum absolute atomic E-state index is 0.0363. The first-order valence-corrected chi connectivity index (χ1v) is 6.18. The van der Waals surface area contributed by atoms with E-state index in [-0.39, 0.29) is 11.3 Å². The molecule has 94 valence electrons. The molecule has 0 saturated heterocycles. The van der Waals surface area contributed by atoms with Crippen LogP contribution in [0, 0.1) is 23.8 Å². The highest BCUT2D eigenvalue weighted by Crippen LogP contribution is 2.24. The SMILES string of the molecule is Cc1ncc[n+]([O-])c1SCc1c(F)cccc1F. The highest BCUT2D eigenvalue weighted by Gasteiger charge is 2.15. The first-order chi connectivity index (χ1) is 8.59. The summed E-state index contributed by atoms with van der Waals surface area (Å²) in [6.07, 6.45) is 2.64. The topological polar surface area (TPSA) is 39.8 Å².